The van der Waals surface area contributed by atoms with Gasteiger partial charge in [0.2, 0.25) is 0 Å². The first-order chi connectivity index (χ1) is 8.28. The number of likely N-dealkylation sites (tertiary alicyclic amines) is 1. The van der Waals surface area contributed by atoms with Crippen molar-refractivity contribution in [2.24, 2.45) is 0 Å². The van der Waals surface area contributed by atoms with Gasteiger partial charge in [0.25, 0.3) is 0 Å². The highest BCUT2D eigenvalue weighted by atomic mass is 16.5. The molecule has 2 saturated heterocycles. The summed E-state index contributed by atoms with van der Waals surface area (Å²) in [6.45, 7) is 8.32. The summed E-state index contributed by atoms with van der Waals surface area (Å²) < 4.78 is 11.2. The minimum absolute atomic E-state index is 0.0420. The van der Waals surface area contributed by atoms with Gasteiger partial charge in [0.1, 0.15) is 5.60 Å². The molecule has 17 heavy (non-hydrogen) atoms. The lowest BCUT2D eigenvalue weighted by Gasteiger charge is -2.30. The van der Waals surface area contributed by atoms with Crippen LogP contribution >= 0.6 is 0 Å². The van der Waals surface area contributed by atoms with Gasteiger partial charge >= 0.3 is 0 Å². The third kappa shape index (κ3) is 3.41. The Labute approximate surface area is 105 Å². The molecule has 2 aliphatic heterocycles. The second-order valence-corrected chi connectivity index (χ2v) is 5.36. The Hall–Kier alpha value is -0.160. The smallest absolute Gasteiger partial charge is 0.106 e. The summed E-state index contributed by atoms with van der Waals surface area (Å²) in [5.74, 6) is 0. The fourth-order valence-corrected chi connectivity index (χ4v) is 2.84. The van der Waals surface area contributed by atoms with Crippen molar-refractivity contribution in [3.8, 4) is 0 Å². The van der Waals surface area contributed by atoms with E-state index in [2.05, 4.69) is 17.1 Å². The lowest BCUT2D eigenvalue weighted by Crippen LogP contribution is -2.45. The van der Waals surface area contributed by atoms with Gasteiger partial charge in [0, 0.05) is 39.3 Å². The molecule has 2 heterocycles. The third-order valence-electron chi connectivity index (χ3n) is 3.97. The number of methoxy groups -OCH3 is 1. The van der Waals surface area contributed by atoms with E-state index in [4.69, 9.17) is 9.47 Å². The van der Waals surface area contributed by atoms with Gasteiger partial charge in [-0.25, -0.2) is 0 Å². The fraction of sp³-hybridized carbons (Fsp3) is 1.00. The zero-order valence-corrected chi connectivity index (χ0v) is 11.2. The molecule has 1 N–H and O–H groups in total. The molecule has 2 unspecified atom stereocenters. The average molecular weight is 242 g/mol. The van der Waals surface area contributed by atoms with Crippen LogP contribution in [0.2, 0.25) is 0 Å². The van der Waals surface area contributed by atoms with Gasteiger partial charge in [-0.1, -0.05) is 6.92 Å². The molecule has 2 rings (SSSR count). The summed E-state index contributed by atoms with van der Waals surface area (Å²) in [6, 6.07) is 0.672. The minimum Gasteiger partial charge on any atom is -0.378 e. The quantitative estimate of drug-likeness (QED) is 0.749. The number of rotatable bonds is 6. The molecule has 0 saturated carbocycles. The van der Waals surface area contributed by atoms with E-state index >= 15 is 0 Å². The molecule has 2 fully saturated rings. The predicted molar refractivity (Wildman–Crippen MR) is 68.3 cm³/mol. The van der Waals surface area contributed by atoms with Crippen LogP contribution in [-0.2, 0) is 9.47 Å². The molecule has 2 atom stereocenters. The molecule has 0 aromatic heterocycles. The molecule has 0 aromatic rings. The maximum atomic E-state index is 5.69. The number of nitrogens with zero attached hydrogens (tertiary/aromatic N) is 1. The van der Waals surface area contributed by atoms with E-state index in [1.165, 1.54) is 19.4 Å². The van der Waals surface area contributed by atoms with Crippen molar-refractivity contribution in [2.75, 3.05) is 46.5 Å². The van der Waals surface area contributed by atoms with Crippen LogP contribution in [0.25, 0.3) is 0 Å². The van der Waals surface area contributed by atoms with Crippen LogP contribution in [0.15, 0.2) is 0 Å². The van der Waals surface area contributed by atoms with Crippen LogP contribution in [0, 0.1) is 0 Å². The fourth-order valence-electron chi connectivity index (χ4n) is 2.84. The largest absolute Gasteiger partial charge is 0.378 e. The molecule has 4 heteroatoms. The van der Waals surface area contributed by atoms with Gasteiger partial charge in [-0.15, -0.1) is 0 Å². The van der Waals surface area contributed by atoms with Crippen LogP contribution < -0.4 is 5.32 Å². The van der Waals surface area contributed by atoms with Crippen LogP contribution in [0.1, 0.15) is 26.2 Å². The van der Waals surface area contributed by atoms with Gasteiger partial charge in [-0.05, 0) is 25.9 Å². The normalized spacial score (nSPS) is 34.6. The van der Waals surface area contributed by atoms with E-state index in [1.807, 2.05) is 7.11 Å². The molecule has 0 amide bonds. The summed E-state index contributed by atoms with van der Waals surface area (Å²) in [5.41, 5.74) is -0.0420. The Kier molecular flexibility index (Phi) is 4.79. The van der Waals surface area contributed by atoms with Crippen molar-refractivity contribution >= 4 is 0 Å². The van der Waals surface area contributed by atoms with Gasteiger partial charge in [0.05, 0.1) is 6.61 Å². The molecule has 0 radical (unpaired) electrons. The first-order valence-electron chi connectivity index (χ1n) is 6.86. The van der Waals surface area contributed by atoms with E-state index in [-0.39, 0.29) is 5.60 Å². The van der Waals surface area contributed by atoms with Crippen molar-refractivity contribution in [1.29, 1.82) is 0 Å². The molecule has 4 nitrogen and oxygen atoms in total. The lowest BCUT2D eigenvalue weighted by atomic mass is 10.0. The van der Waals surface area contributed by atoms with Crippen molar-refractivity contribution in [3.05, 3.63) is 0 Å². The van der Waals surface area contributed by atoms with Crippen molar-refractivity contribution in [1.82, 2.24) is 10.2 Å². The Morgan fingerprint density at radius 1 is 1.53 bits per heavy atom. The van der Waals surface area contributed by atoms with Crippen molar-refractivity contribution in [3.63, 3.8) is 0 Å². The van der Waals surface area contributed by atoms with Crippen LogP contribution in [0.5, 0.6) is 0 Å². The highest BCUT2D eigenvalue weighted by Gasteiger charge is 2.38. The monoisotopic (exact) mass is 242 g/mol. The number of hydrogen-bond donors (Lipinski definition) is 1. The number of nitrogens with one attached hydrogen (secondary N) is 1. The zero-order valence-electron chi connectivity index (χ0n) is 11.2. The van der Waals surface area contributed by atoms with Crippen molar-refractivity contribution in [2.45, 2.75) is 37.8 Å². The van der Waals surface area contributed by atoms with Gasteiger partial charge in [-0.3, -0.25) is 4.90 Å². The Morgan fingerprint density at radius 2 is 2.41 bits per heavy atom. The van der Waals surface area contributed by atoms with Crippen molar-refractivity contribution < 1.29 is 9.47 Å². The van der Waals surface area contributed by atoms with Crippen LogP contribution in [0.4, 0.5) is 0 Å². The van der Waals surface area contributed by atoms with Crippen LogP contribution in [-0.4, -0.2) is 63.0 Å². The summed E-state index contributed by atoms with van der Waals surface area (Å²) in [7, 11) is 1.82. The van der Waals surface area contributed by atoms with E-state index in [9.17, 15) is 0 Å². The summed E-state index contributed by atoms with van der Waals surface area (Å²) in [5, 5.41) is 3.60. The van der Waals surface area contributed by atoms with Gasteiger partial charge in [-0.2, -0.15) is 0 Å². The maximum Gasteiger partial charge on any atom is 0.106 e. The summed E-state index contributed by atoms with van der Waals surface area (Å²) in [6.07, 6.45) is 3.51. The SMILES string of the molecule is CCCNC1CCN(CC2(OC)CCOC2)C1. The second kappa shape index (κ2) is 6.14. The first-order valence-corrected chi connectivity index (χ1v) is 6.86. The number of hydrogen-bond acceptors (Lipinski definition) is 4. The highest BCUT2D eigenvalue weighted by Crippen LogP contribution is 2.25. The van der Waals surface area contributed by atoms with Gasteiger partial charge < -0.3 is 14.8 Å². The summed E-state index contributed by atoms with van der Waals surface area (Å²) >= 11 is 0. The van der Waals surface area contributed by atoms with E-state index in [0.29, 0.717) is 6.04 Å². The predicted octanol–water partition coefficient (Wildman–Crippen LogP) is 0.866. The minimum atomic E-state index is -0.0420. The molecule has 0 aromatic carbocycles. The van der Waals surface area contributed by atoms with Crippen LogP contribution in [0.3, 0.4) is 0 Å². The third-order valence-corrected chi connectivity index (χ3v) is 3.97. The lowest BCUT2D eigenvalue weighted by molar-refractivity contribution is -0.0372. The first kappa shape index (κ1) is 13.3. The second-order valence-electron chi connectivity index (χ2n) is 5.36. The maximum absolute atomic E-state index is 5.69. The van der Waals surface area contributed by atoms with E-state index < -0.39 is 0 Å². The van der Waals surface area contributed by atoms with Gasteiger partial charge in [0.15, 0.2) is 0 Å². The Bertz CT molecular complexity index is 229. The Morgan fingerprint density at radius 3 is 3.06 bits per heavy atom. The molecule has 0 spiro atoms. The van der Waals surface area contributed by atoms with E-state index in [0.717, 1.165) is 39.3 Å². The molecular weight excluding hydrogens is 216 g/mol. The molecule has 0 bridgehead atoms. The molecule has 2 aliphatic rings. The summed E-state index contributed by atoms with van der Waals surface area (Å²) in [4.78, 5) is 2.52. The van der Waals surface area contributed by atoms with E-state index in [1.54, 1.807) is 0 Å². The average Bonchev–Trinajstić information content (AvgIpc) is 2.97. The standard InChI is InChI=1S/C13H26N2O2/c1-3-6-14-12-4-7-15(9-12)10-13(16-2)5-8-17-11-13/h12,14H,3-11H2,1-2H3. The zero-order chi connectivity index (χ0) is 12.1. The Balaban J connectivity index is 1.76. The molecular formula is C13H26N2O2. The number of ether oxygens (including phenoxy) is 2. The molecule has 100 valence electrons. The highest BCUT2D eigenvalue weighted by molar-refractivity contribution is 4.91. The molecule has 0 aliphatic carbocycles. The topological polar surface area (TPSA) is 33.7 Å².